The van der Waals surface area contributed by atoms with Crippen molar-refractivity contribution in [2.75, 3.05) is 5.32 Å². The number of nitrogens with one attached hydrogen (secondary N) is 1. The van der Waals surface area contributed by atoms with Crippen LogP contribution in [0.25, 0.3) is 5.70 Å². The van der Waals surface area contributed by atoms with E-state index in [1.54, 1.807) is 24.3 Å². The quantitative estimate of drug-likeness (QED) is 0.697. The number of aromatic nitrogens is 3. The van der Waals surface area contributed by atoms with Crippen LogP contribution in [0.5, 0.6) is 5.75 Å². The third-order valence-corrected chi connectivity index (χ3v) is 4.30. The third-order valence-electron chi connectivity index (χ3n) is 4.07. The van der Waals surface area contributed by atoms with E-state index in [1.807, 2.05) is 0 Å². The molecule has 1 atom stereocenters. The Morgan fingerprint density at radius 1 is 1.15 bits per heavy atom. The summed E-state index contributed by atoms with van der Waals surface area (Å²) in [5, 5.41) is 7.62. The Morgan fingerprint density at radius 3 is 2.67 bits per heavy atom. The molecule has 1 aliphatic heterocycles. The molecule has 5 nitrogen and oxygen atoms in total. The van der Waals surface area contributed by atoms with E-state index < -0.39 is 12.7 Å². The lowest BCUT2D eigenvalue weighted by Gasteiger charge is -2.26. The van der Waals surface area contributed by atoms with Crippen molar-refractivity contribution in [3.05, 3.63) is 76.8 Å². The monoisotopic (exact) mass is 392 g/mol. The Bertz CT molecular complexity index is 1000. The molecule has 0 aliphatic carbocycles. The van der Waals surface area contributed by atoms with Crippen molar-refractivity contribution in [2.24, 2.45) is 0 Å². The summed E-state index contributed by atoms with van der Waals surface area (Å²) in [6, 6.07) is 9.66. The number of halogens is 4. The Kier molecular flexibility index (Phi) is 4.49. The zero-order valence-corrected chi connectivity index (χ0v) is 14.4. The largest absolute Gasteiger partial charge is 0.434 e. The van der Waals surface area contributed by atoms with Crippen molar-refractivity contribution in [1.82, 2.24) is 14.8 Å². The summed E-state index contributed by atoms with van der Waals surface area (Å²) >= 11 is 6.08. The molecule has 0 fully saturated rings. The number of hydrogen-bond donors (Lipinski definition) is 1. The number of benzene rings is 2. The fourth-order valence-electron chi connectivity index (χ4n) is 2.91. The molecule has 9 heteroatoms. The second-order valence-electron chi connectivity index (χ2n) is 5.75. The van der Waals surface area contributed by atoms with Gasteiger partial charge in [-0.15, -0.1) is 0 Å². The first-order valence-corrected chi connectivity index (χ1v) is 8.27. The number of rotatable bonds is 4. The Balaban J connectivity index is 1.83. The van der Waals surface area contributed by atoms with Gasteiger partial charge in [0.25, 0.3) is 0 Å². The molecule has 1 aliphatic rings. The van der Waals surface area contributed by atoms with Gasteiger partial charge < -0.3 is 10.1 Å². The first kappa shape index (κ1) is 17.4. The average Bonchev–Trinajstić information content (AvgIpc) is 3.11. The number of hydrogen-bond acceptors (Lipinski definition) is 4. The molecule has 0 bridgehead atoms. The van der Waals surface area contributed by atoms with Gasteiger partial charge >= 0.3 is 6.61 Å². The molecular weight excluding hydrogens is 381 g/mol. The SMILES string of the molecule is Fc1ccc(C2=C[C@@H](c3cc(Cl)ccc3OC(F)F)n3ncnc3N2)cc1. The summed E-state index contributed by atoms with van der Waals surface area (Å²) in [5.41, 5.74) is 1.73. The van der Waals surface area contributed by atoms with E-state index in [1.165, 1.54) is 35.3 Å². The lowest BCUT2D eigenvalue weighted by atomic mass is 10.0. The Labute approximate surface area is 157 Å². The topological polar surface area (TPSA) is 52.0 Å². The van der Waals surface area contributed by atoms with Crippen molar-refractivity contribution in [2.45, 2.75) is 12.7 Å². The summed E-state index contributed by atoms with van der Waals surface area (Å²) in [6.45, 7) is -2.98. The normalized spacial score (nSPS) is 15.9. The highest BCUT2D eigenvalue weighted by molar-refractivity contribution is 6.30. The predicted molar refractivity (Wildman–Crippen MR) is 94.2 cm³/mol. The molecule has 1 aromatic heterocycles. The van der Waals surface area contributed by atoms with Crippen molar-refractivity contribution in [1.29, 1.82) is 0 Å². The first-order chi connectivity index (χ1) is 13.0. The number of fused-ring (bicyclic) bond motifs is 1. The summed E-state index contributed by atoms with van der Waals surface area (Å²) < 4.78 is 45.1. The predicted octanol–water partition coefficient (Wildman–Crippen LogP) is 4.73. The van der Waals surface area contributed by atoms with E-state index in [0.29, 0.717) is 27.8 Å². The van der Waals surface area contributed by atoms with E-state index in [0.717, 1.165) is 0 Å². The Morgan fingerprint density at radius 2 is 1.93 bits per heavy atom. The van der Waals surface area contributed by atoms with Crippen LogP contribution >= 0.6 is 11.6 Å². The van der Waals surface area contributed by atoms with E-state index in [-0.39, 0.29) is 11.6 Å². The minimum Gasteiger partial charge on any atom is -0.434 e. The van der Waals surface area contributed by atoms with Gasteiger partial charge in [-0.2, -0.15) is 18.9 Å². The number of nitrogens with zero attached hydrogens (tertiary/aromatic N) is 3. The van der Waals surface area contributed by atoms with Gasteiger partial charge in [-0.3, -0.25) is 0 Å². The average molecular weight is 393 g/mol. The fourth-order valence-corrected chi connectivity index (χ4v) is 3.09. The summed E-state index contributed by atoms with van der Waals surface area (Å²) in [4.78, 5) is 4.14. The maximum Gasteiger partial charge on any atom is 0.387 e. The van der Waals surface area contributed by atoms with Gasteiger partial charge in [-0.25, -0.2) is 9.07 Å². The van der Waals surface area contributed by atoms with E-state index in [9.17, 15) is 13.2 Å². The lowest BCUT2D eigenvalue weighted by Crippen LogP contribution is -2.21. The van der Waals surface area contributed by atoms with E-state index >= 15 is 0 Å². The molecule has 0 amide bonds. The van der Waals surface area contributed by atoms with Crippen molar-refractivity contribution >= 4 is 23.2 Å². The molecular formula is C18H12ClF3N4O. The Hall–Kier alpha value is -3.00. The molecule has 0 spiro atoms. The van der Waals surface area contributed by atoms with Gasteiger partial charge in [0, 0.05) is 16.3 Å². The van der Waals surface area contributed by atoms with Crippen LogP contribution in [-0.4, -0.2) is 21.4 Å². The van der Waals surface area contributed by atoms with Crippen LogP contribution in [0, 0.1) is 5.82 Å². The minimum atomic E-state index is -2.98. The van der Waals surface area contributed by atoms with Crippen LogP contribution in [0.1, 0.15) is 17.2 Å². The molecule has 0 saturated heterocycles. The standard InChI is InChI=1S/C18H12ClF3N4O/c19-11-3-6-16(27-17(21)22)13(7-11)15-8-14(10-1-4-12(20)5-2-10)25-18-23-9-24-26(15)18/h1-9,15,17H,(H,23,24,25)/t15-/m0/s1. The van der Waals surface area contributed by atoms with Crippen LogP contribution in [0.3, 0.4) is 0 Å². The van der Waals surface area contributed by atoms with Crippen LogP contribution in [0.15, 0.2) is 54.9 Å². The molecule has 138 valence electrons. The highest BCUT2D eigenvalue weighted by Gasteiger charge is 2.27. The molecule has 3 aromatic rings. The first-order valence-electron chi connectivity index (χ1n) is 7.90. The van der Waals surface area contributed by atoms with Crippen LogP contribution in [0.4, 0.5) is 19.1 Å². The van der Waals surface area contributed by atoms with Crippen LogP contribution in [0.2, 0.25) is 5.02 Å². The molecule has 0 unspecified atom stereocenters. The van der Waals surface area contributed by atoms with Gasteiger partial charge in [-0.05, 0) is 54.1 Å². The third kappa shape index (κ3) is 3.48. The molecule has 1 N–H and O–H groups in total. The molecule has 2 aromatic carbocycles. The number of allylic oxidation sites excluding steroid dienone is 1. The maximum atomic E-state index is 13.2. The number of anilines is 1. The highest BCUT2D eigenvalue weighted by atomic mass is 35.5. The fraction of sp³-hybridized carbons (Fsp3) is 0.111. The number of ether oxygens (including phenoxy) is 1. The van der Waals surface area contributed by atoms with Crippen molar-refractivity contribution < 1.29 is 17.9 Å². The van der Waals surface area contributed by atoms with Gasteiger partial charge in [0.2, 0.25) is 5.95 Å². The molecule has 27 heavy (non-hydrogen) atoms. The minimum absolute atomic E-state index is 0.0162. The summed E-state index contributed by atoms with van der Waals surface area (Å²) in [7, 11) is 0. The smallest absolute Gasteiger partial charge is 0.387 e. The lowest BCUT2D eigenvalue weighted by molar-refractivity contribution is -0.0506. The molecule has 0 radical (unpaired) electrons. The maximum absolute atomic E-state index is 13.2. The second kappa shape index (κ2) is 6.96. The highest BCUT2D eigenvalue weighted by Crippen LogP contribution is 2.37. The summed E-state index contributed by atoms with van der Waals surface area (Å²) in [6.07, 6.45) is 3.11. The van der Waals surface area contributed by atoms with E-state index in [4.69, 9.17) is 11.6 Å². The number of alkyl halides is 2. The van der Waals surface area contributed by atoms with E-state index in [2.05, 4.69) is 20.1 Å². The van der Waals surface area contributed by atoms with Gasteiger partial charge in [0.05, 0.1) is 0 Å². The molecule has 4 rings (SSSR count). The van der Waals surface area contributed by atoms with Gasteiger partial charge in [0.1, 0.15) is 23.9 Å². The zero-order valence-electron chi connectivity index (χ0n) is 13.6. The molecule has 0 saturated carbocycles. The zero-order chi connectivity index (χ0) is 19.0. The van der Waals surface area contributed by atoms with Crippen LogP contribution < -0.4 is 10.1 Å². The van der Waals surface area contributed by atoms with Crippen LogP contribution in [-0.2, 0) is 0 Å². The van der Waals surface area contributed by atoms with Gasteiger partial charge in [-0.1, -0.05) is 11.6 Å². The second-order valence-corrected chi connectivity index (χ2v) is 6.18. The van der Waals surface area contributed by atoms with Gasteiger partial charge in [0.15, 0.2) is 0 Å². The summed E-state index contributed by atoms with van der Waals surface area (Å²) in [5.74, 6) is 0.0274. The molecule has 2 heterocycles. The van der Waals surface area contributed by atoms with Crippen molar-refractivity contribution in [3.8, 4) is 5.75 Å². The van der Waals surface area contributed by atoms with Crippen molar-refractivity contribution in [3.63, 3.8) is 0 Å².